The molecule has 25 heavy (non-hydrogen) atoms. The molecule has 3 heterocycles. The predicted octanol–water partition coefficient (Wildman–Crippen LogP) is 2.77. The lowest BCUT2D eigenvalue weighted by Crippen LogP contribution is -2.46. The average Bonchev–Trinajstić information content (AvgIpc) is 3.28. The molecule has 0 bridgehead atoms. The third-order valence-corrected chi connectivity index (χ3v) is 6.34. The van der Waals surface area contributed by atoms with Crippen molar-refractivity contribution in [1.82, 2.24) is 9.80 Å². The fourth-order valence-electron chi connectivity index (χ4n) is 4.82. The van der Waals surface area contributed by atoms with Crippen LogP contribution in [0.3, 0.4) is 0 Å². The summed E-state index contributed by atoms with van der Waals surface area (Å²) < 4.78 is 0. The maximum Gasteiger partial charge on any atom is 0.244 e. The number of carbonyl (C=O) groups is 1. The van der Waals surface area contributed by atoms with Gasteiger partial charge in [0.25, 0.3) is 0 Å². The molecule has 0 spiro atoms. The van der Waals surface area contributed by atoms with E-state index in [1.807, 2.05) is 11.0 Å². The van der Waals surface area contributed by atoms with Crippen molar-refractivity contribution >= 4 is 11.6 Å². The van der Waals surface area contributed by atoms with Gasteiger partial charge in [0.05, 0.1) is 6.04 Å². The Bertz CT molecular complexity index is 611. The van der Waals surface area contributed by atoms with Gasteiger partial charge in [-0.3, -0.25) is 9.69 Å². The van der Waals surface area contributed by atoms with Gasteiger partial charge in [-0.25, -0.2) is 0 Å². The molecule has 1 aromatic carbocycles. The molecule has 0 unspecified atom stereocenters. The van der Waals surface area contributed by atoms with Crippen LogP contribution in [0.4, 0.5) is 5.69 Å². The third kappa shape index (κ3) is 3.61. The van der Waals surface area contributed by atoms with Crippen LogP contribution >= 0.6 is 0 Å². The number of piperidine rings is 1. The summed E-state index contributed by atoms with van der Waals surface area (Å²) in [7, 11) is 0. The van der Waals surface area contributed by atoms with Gasteiger partial charge in [-0.15, -0.1) is 0 Å². The van der Waals surface area contributed by atoms with E-state index >= 15 is 0 Å². The van der Waals surface area contributed by atoms with E-state index in [1.165, 1.54) is 50.9 Å². The molecule has 0 saturated carbocycles. The van der Waals surface area contributed by atoms with E-state index in [9.17, 15) is 4.79 Å². The molecule has 3 aliphatic rings. The van der Waals surface area contributed by atoms with Crippen molar-refractivity contribution in [1.29, 1.82) is 0 Å². The first-order chi connectivity index (χ1) is 12.2. The van der Waals surface area contributed by atoms with Crippen LogP contribution in [-0.4, -0.2) is 61.0 Å². The molecule has 2 atom stereocenters. The summed E-state index contributed by atoms with van der Waals surface area (Å²) in [5, 5.41) is 0. The second-order valence-corrected chi connectivity index (χ2v) is 8.06. The summed E-state index contributed by atoms with van der Waals surface area (Å²) in [6.07, 6.45) is 6.35. The van der Waals surface area contributed by atoms with Crippen LogP contribution in [0.25, 0.3) is 0 Å². The number of hydrogen-bond donors (Lipinski definition) is 0. The minimum absolute atomic E-state index is 0.00230. The lowest BCUT2D eigenvalue weighted by atomic mass is 10.1. The minimum atomic E-state index is -0.00230. The average molecular weight is 341 g/mol. The van der Waals surface area contributed by atoms with Gasteiger partial charge >= 0.3 is 0 Å². The highest BCUT2D eigenvalue weighted by atomic mass is 16.2. The van der Waals surface area contributed by atoms with Gasteiger partial charge in [0.1, 0.15) is 0 Å². The van der Waals surface area contributed by atoms with Crippen molar-refractivity contribution in [3.8, 4) is 0 Å². The van der Waals surface area contributed by atoms with E-state index in [0.29, 0.717) is 0 Å². The molecular weight excluding hydrogens is 310 g/mol. The van der Waals surface area contributed by atoms with Crippen LogP contribution in [0, 0.1) is 5.92 Å². The van der Waals surface area contributed by atoms with Gasteiger partial charge in [-0.2, -0.15) is 0 Å². The molecule has 3 aliphatic heterocycles. The maximum absolute atomic E-state index is 13.1. The van der Waals surface area contributed by atoms with E-state index in [0.717, 1.165) is 37.7 Å². The molecule has 2 saturated heterocycles. The van der Waals surface area contributed by atoms with E-state index in [4.69, 9.17) is 0 Å². The molecule has 2 fully saturated rings. The quantitative estimate of drug-likeness (QED) is 0.842. The van der Waals surface area contributed by atoms with Crippen molar-refractivity contribution in [2.24, 2.45) is 5.92 Å². The number of carbonyl (C=O) groups excluding carboxylic acids is 1. The molecule has 4 nitrogen and oxygen atoms in total. The summed E-state index contributed by atoms with van der Waals surface area (Å²) in [6, 6.07) is 8.35. The van der Waals surface area contributed by atoms with E-state index in [2.05, 4.69) is 34.9 Å². The van der Waals surface area contributed by atoms with Gasteiger partial charge in [-0.05, 0) is 69.8 Å². The second kappa shape index (κ2) is 7.46. The number of fused-ring (bicyclic) bond motifs is 1. The van der Waals surface area contributed by atoms with Gasteiger partial charge in [-0.1, -0.05) is 24.6 Å². The molecule has 4 rings (SSSR count). The van der Waals surface area contributed by atoms with Gasteiger partial charge in [0, 0.05) is 25.3 Å². The molecule has 1 aromatic rings. The monoisotopic (exact) mass is 341 g/mol. The Balaban J connectivity index is 1.34. The predicted molar refractivity (Wildman–Crippen MR) is 102 cm³/mol. The van der Waals surface area contributed by atoms with Gasteiger partial charge in [0.2, 0.25) is 5.91 Å². The Hall–Kier alpha value is -1.39. The number of benzene rings is 1. The lowest BCUT2D eigenvalue weighted by Gasteiger charge is -2.30. The van der Waals surface area contributed by atoms with E-state index in [1.54, 1.807) is 0 Å². The Morgan fingerprint density at radius 3 is 2.76 bits per heavy atom. The number of para-hydroxylation sites is 1. The Kier molecular flexibility index (Phi) is 5.09. The van der Waals surface area contributed by atoms with E-state index in [-0.39, 0.29) is 11.9 Å². The maximum atomic E-state index is 13.1. The fraction of sp³-hybridized carbons (Fsp3) is 0.667. The highest BCUT2D eigenvalue weighted by molar-refractivity contribution is 5.98. The molecule has 0 aromatic heterocycles. The summed E-state index contributed by atoms with van der Waals surface area (Å²) in [4.78, 5) is 20.1. The third-order valence-electron chi connectivity index (χ3n) is 6.34. The lowest BCUT2D eigenvalue weighted by molar-refractivity contribution is -0.122. The van der Waals surface area contributed by atoms with Crippen LogP contribution in [0.5, 0.6) is 0 Å². The fourth-order valence-corrected chi connectivity index (χ4v) is 4.82. The zero-order valence-corrected chi connectivity index (χ0v) is 15.5. The topological polar surface area (TPSA) is 26.8 Å². The number of rotatable bonds is 4. The smallest absolute Gasteiger partial charge is 0.244 e. The second-order valence-electron chi connectivity index (χ2n) is 8.06. The molecular formula is C21H31N3O. The highest BCUT2D eigenvalue weighted by Gasteiger charge is 2.34. The zero-order valence-electron chi connectivity index (χ0n) is 15.5. The van der Waals surface area contributed by atoms with Crippen LogP contribution in [0.15, 0.2) is 24.3 Å². The van der Waals surface area contributed by atoms with Crippen LogP contribution < -0.4 is 4.90 Å². The van der Waals surface area contributed by atoms with Crippen molar-refractivity contribution in [3.63, 3.8) is 0 Å². The molecule has 0 radical (unpaired) electrons. The van der Waals surface area contributed by atoms with Gasteiger partial charge < -0.3 is 9.80 Å². The van der Waals surface area contributed by atoms with Crippen molar-refractivity contribution in [3.05, 3.63) is 29.8 Å². The zero-order chi connectivity index (χ0) is 17.2. The molecule has 4 heteroatoms. The van der Waals surface area contributed by atoms with E-state index < -0.39 is 0 Å². The molecule has 0 N–H and O–H groups in total. The Morgan fingerprint density at radius 2 is 1.92 bits per heavy atom. The Labute approximate surface area is 151 Å². The van der Waals surface area contributed by atoms with Crippen molar-refractivity contribution in [2.75, 3.05) is 44.2 Å². The van der Waals surface area contributed by atoms with Crippen molar-refractivity contribution in [2.45, 2.75) is 45.1 Å². The molecule has 1 amide bonds. The number of likely N-dealkylation sites (tertiary alicyclic amines) is 2. The van der Waals surface area contributed by atoms with Crippen LogP contribution in [-0.2, 0) is 11.2 Å². The number of hydrogen-bond acceptors (Lipinski definition) is 3. The minimum Gasteiger partial charge on any atom is -0.310 e. The van der Waals surface area contributed by atoms with Gasteiger partial charge in [0.15, 0.2) is 0 Å². The Morgan fingerprint density at radius 1 is 1.12 bits per heavy atom. The highest BCUT2D eigenvalue weighted by Crippen LogP contribution is 2.29. The SMILES string of the molecule is C[C@@H](C(=O)N1CCc2ccccc21)N1CC[C@@H](CN2CCCCC2)C1. The summed E-state index contributed by atoms with van der Waals surface area (Å²) in [5.41, 5.74) is 2.44. The number of nitrogens with zero attached hydrogens (tertiary/aromatic N) is 3. The standard InChI is InChI=1S/C21H31N3O/c1-17(21(25)24-14-10-19-7-3-4-8-20(19)24)23-13-9-18(16-23)15-22-11-5-2-6-12-22/h3-4,7-8,17-18H,2,5-6,9-16H2,1H3/t17-,18-/m0/s1. The summed E-state index contributed by atoms with van der Waals surface area (Å²) >= 11 is 0. The normalized spacial score (nSPS) is 26.0. The summed E-state index contributed by atoms with van der Waals surface area (Å²) in [6.45, 7) is 8.87. The number of anilines is 1. The number of amides is 1. The summed E-state index contributed by atoms with van der Waals surface area (Å²) in [5.74, 6) is 1.02. The van der Waals surface area contributed by atoms with Crippen molar-refractivity contribution < 1.29 is 4.79 Å². The first kappa shape index (κ1) is 17.0. The van der Waals surface area contributed by atoms with Crippen LogP contribution in [0.1, 0.15) is 38.2 Å². The largest absolute Gasteiger partial charge is 0.310 e. The molecule has 0 aliphatic carbocycles. The first-order valence-electron chi connectivity index (χ1n) is 10.1. The first-order valence-corrected chi connectivity index (χ1v) is 10.1. The molecule has 136 valence electrons. The van der Waals surface area contributed by atoms with Crippen LogP contribution in [0.2, 0.25) is 0 Å².